The number of methoxy groups -OCH3 is 1. The molecule has 0 aliphatic carbocycles. The van der Waals surface area contributed by atoms with Gasteiger partial charge in [-0.1, -0.05) is 12.1 Å². The van der Waals surface area contributed by atoms with Crippen molar-refractivity contribution in [3.63, 3.8) is 0 Å². The van der Waals surface area contributed by atoms with Gasteiger partial charge < -0.3 is 14.8 Å². The summed E-state index contributed by atoms with van der Waals surface area (Å²) in [6, 6.07) is 11.2. The molecule has 176 valence electrons. The van der Waals surface area contributed by atoms with Crippen LogP contribution in [0, 0.1) is 13.8 Å². The number of nitrogens with zero attached hydrogens (tertiary/aromatic N) is 1. The molecule has 0 bridgehead atoms. The van der Waals surface area contributed by atoms with E-state index in [2.05, 4.69) is 5.32 Å². The smallest absolute Gasteiger partial charge is 0.232 e. The molecule has 0 aliphatic rings. The third-order valence-corrected chi connectivity index (χ3v) is 5.93. The molecule has 0 saturated heterocycles. The van der Waals surface area contributed by atoms with Crippen molar-refractivity contribution in [2.75, 3.05) is 24.2 Å². The summed E-state index contributed by atoms with van der Waals surface area (Å²) in [7, 11) is -1.87. The molecule has 1 amide bonds. The van der Waals surface area contributed by atoms with Crippen LogP contribution in [-0.2, 0) is 21.4 Å². The van der Waals surface area contributed by atoms with Crippen molar-refractivity contribution in [1.29, 1.82) is 0 Å². The van der Waals surface area contributed by atoms with E-state index in [-0.39, 0.29) is 25.0 Å². The van der Waals surface area contributed by atoms with Gasteiger partial charge in [-0.25, -0.2) is 8.42 Å². The molecule has 0 unspecified atom stereocenters. The van der Waals surface area contributed by atoms with E-state index in [1.54, 1.807) is 7.11 Å². The Hall–Kier alpha value is -2.74. The molecule has 0 aromatic heterocycles. The zero-order valence-corrected chi connectivity index (χ0v) is 20.6. The number of ether oxygens (including phenoxy) is 2. The van der Waals surface area contributed by atoms with Crippen molar-refractivity contribution in [1.82, 2.24) is 5.32 Å². The molecule has 0 saturated carbocycles. The fraction of sp³-hybridized carbons (Fsp3) is 0.458. The highest BCUT2D eigenvalue weighted by molar-refractivity contribution is 7.92. The number of nitrogens with one attached hydrogen (secondary N) is 1. The molecular weight excluding hydrogens is 428 g/mol. The summed E-state index contributed by atoms with van der Waals surface area (Å²) in [5, 5.41) is 2.88. The monoisotopic (exact) mass is 462 g/mol. The largest absolute Gasteiger partial charge is 0.493 e. The van der Waals surface area contributed by atoms with Crippen LogP contribution in [-0.4, -0.2) is 40.3 Å². The van der Waals surface area contributed by atoms with Crippen molar-refractivity contribution in [3.05, 3.63) is 53.1 Å². The Morgan fingerprint density at radius 1 is 1.06 bits per heavy atom. The van der Waals surface area contributed by atoms with Gasteiger partial charge in [0.2, 0.25) is 15.9 Å². The first kappa shape index (κ1) is 25.5. The molecule has 32 heavy (non-hydrogen) atoms. The number of anilines is 1. The summed E-state index contributed by atoms with van der Waals surface area (Å²) in [4.78, 5) is 12.3. The summed E-state index contributed by atoms with van der Waals surface area (Å²) in [6.45, 7) is 8.34. The standard InChI is InChI=1S/C24H34N2O5S/c1-17(2)31-22-10-9-20(15-23(22)30-5)16-25-24(27)8-7-11-26(32(6,28)29)21-13-18(3)12-19(4)14-21/h9-10,12-15,17H,7-8,11,16H2,1-6H3,(H,25,27). The number of rotatable bonds is 11. The molecule has 2 rings (SSSR count). The van der Waals surface area contributed by atoms with Crippen LogP contribution in [0.5, 0.6) is 11.5 Å². The Kier molecular flexibility index (Phi) is 8.95. The van der Waals surface area contributed by atoms with Gasteiger partial charge in [-0.2, -0.15) is 0 Å². The van der Waals surface area contributed by atoms with E-state index in [4.69, 9.17) is 9.47 Å². The number of benzene rings is 2. The lowest BCUT2D eigenvalue weighted by atomic mass is 10.1. The van der Waals surface area contributed by atoms with E-state index in [9.17, 15) is 13.2 Å². The van der Waals surface area contributed by atoms with Gasteiger partial charge in [0.25, 0.3) is 0 Å². The molecule has 0 fully saturated rings. The van der Waals surface area contributed by atoms with Crippen molar-refractivity contribution >= 4 is 21.6 Å². The average Bonchev–Trinajstić information content (AvgIpc) is 2.68. The second-order valence-electron chi connectivity index (χ2n) is 8.21. The molecule has 0 aliphatic heterocycles. The predicted octanol–water partition coefficient (Wildman–Crippen LogP) is 3.96. The number of carbonyl (C=O) groups excluding carboxylic acids is 1. The van der Waals surface area contributed by atoms with E-state index in [0.29, 0.717) is 30.2 Å². The number of carbonyl (C=O) groups is 1. The molecule has 0 radical (unpaired) electrons. The van der Waals surface area contributed by atoms with E-state index in [0.717, 1.165) is 16.7 Å². The molecule has 2 aromatic rings. The molecule has 7 nitrogen and oxygen atoms in total. The number of hydrogen-bond acceptors (Lipinski definition) is 5. The summed E-state index contributed by atoms with van der Waals surface area (Å²) in [5.41, 5.74) is 3.50. The number of hydrogen-bond donors (Lipinski definition) is 1. The lowest BCUT2D eigenvalue weighted by Gasteiger charge is -2.23. The van der Waals surface area contributed by atoms with Crippen LogP contribution in [0.2, 0.25) is 0 Å². The minimum Gasteiger partial charge on any atom is -0.493 e. The molecule has 8 heteroatoms. The van der Waals surface area contributed by atoms with Crippen LogP contribution in [0.3, 0.4) is 0 Å². The zero-order chi connectivity index (χ0) is 23.9. The van der Waals surface area contributed by atoms with Crippen molar-refractivity contribution in [3.8, 4) is 11.5 Å². The molecule has 0 atom stereocenters. The fourth-order valence-electron chi connectivity index (χ4n) is 3.43. The minimum absolute atomic E-state index is 0.0321. The van der Waals surface area contributed by atoms with Crippen molar-refractivity contribution < 1.29 is 22.7 Å². The normalized spacial score (nSPS) is 11.3. The molecule has 2 aromatic carbocycles. The van der Waals surface area contributed by atoms with Crippen molar-refractivity contribution in [2.45, 2.75) is 53.2 Å². The van der Waals surface area contributed by atoms with Gasteiger partial charge >= 0.3 is 0 Å². The van der Waals surface area contributed by atoms with Crippen LogP contribution in [0.15, 0.2) is 36.4 Å². The van der Waals surface area contributed by atoms with E-state index < -0.39 is 10.0 Å². The number of sulfonamides is 1. The molecule has 0 spiro atoms. The quantitative estimate of drug-likeness (QED) is 0.546. The lowest BCUT2D eigenvalue weighted by molar-refractivity contribution is -0.121. The van der Waals surface area contributed by atoms with Gasteiger partial charge in [0.05, 0.1) is 25.2 Å². The summed E-state index contributed by atoms with van der Waals surface area (Å²) < 4.78 is 37.0. The van der Waals surface area contributed by atoms with E-state index in [1.807, 2.05) is 64.1 Å². The highest BCUT2D eigenvalue weighted by Gasteiger charge is 2.18. The Morgan fingerprint density at radius 3 is 2.28 bits per heavy atom. The van der Waals surface area contributed by atoms with E-state index >= 15 is 0 Å². The maximum atomic E-state index is 12.3. The van der Waals surface area contributed by atoms with Gasteiger partial charge in [-0.15, -0.1) is 0 Å². The third-order valence-electron chi connectivity index (χ3n) is 4.74. The summed E-state index contributed by atoms with van der Waals surface area (Å²) in [5.74, 6) is 1.13. The van der Waals surface area contributed by atoms with Crippen LogP contribution >= 0.6 is 0 Å². The highest BCUT2D eigenvalue weighted by atomic mass is 32.2. The maximum absolute atomic E-state index is 12.3. The first-order valence-corrected chi connectivity index (χ1v) is 12.5. The third kappa shape index (κ3) is 7.75. The van der Waals surface area contributed by atoms with Crippen molar-refractivity contribution in [2.24, 2.45) is 0 Å². The second kappa shape index (κ2) is 11.2. The Bertz CT molecular complexity index is 1010. The number of aryl methyl sites for hydroxylation is 2. The molecule has 0 heterocycles. The van der Waals surface area contributed by atoms with Crippen LogP contribution in [0.1, 0.15) is 43.4 Å². The first-order valence-electron chi connectivity index (χ1n) is 10.7. The molecule has 1 N–H and O–H groups in total. The molecular formula is C24H34N2O5S. The lowest BCUT2D eigenvalue weighted by Crippen LogP contribution is -2.32. The van der Waals surface area contributed by atoms with Gasteiger partial charge in [0, 0.05) is 19.5 Å². The average molecular weight is 463 g/mol. The fourth-order valence-corrected chi connectivity index (χ4v) is 4.38. The predicted molar refractivity (Wildman–Crippen MR) is 128 cm³/mol. The van der Waals surface area contributed by atoms with Gasteiger partial charge in [-0.05, 0) is 75.1 Å². The zero-order valence-electron chi connectivity index (χ0n) is 19.8. The minimum atomic E-state index is -3.45. The van der Waals surface area contributed by atoms with E-state index in [1.165, 1.54) is 10.6 Å². The first-order chi connectivity index (χ1) is 15.0. The Labute approximate surface area is 191 Å². The summed E-state index contributed by atoms with van der Waals surface area (Å²) in [6.07, 6.45) is 1.86. The Morgan fingerprint density at radius 2 is 1.72 bits per heavy atom. The number of amides is 1. The summed E-state index contributed by atoms with van der Waals surface area (Å²) >= 11 is 0. The van der Waals surface area contributed by atoms with Gasteiger partial charge in [-0.3, -0.25) is 9.10 Å². The maximum Gasteiger partial charge on any atom is 0.232 e. The van der Waals surface area contributed by atoms with Crippen LogP contribution in [0.25, 0.3) is 0 Å². The Balaban J connectivity index is 1.93. The van der Waals surface area contributed by atoms with Gasteiger partial charge in [0.1, 0.15) is 0 Å². The van der Waals surface area contributed by atoms with Crippen LogP contribution < -0.4 is 19.1 Å². The topological polar surface area (TPSA) is 84.9 Å². The SMILES string of the molecule is COc1cc(CNC(=O)CCCN(c2cc(C)cc(C)c2)S(C)(=O)=O)ccc1OC(C)C. The highest BCUT2D eigenvalue weighted by Crippen LogP contribution is 2.29. The second-order valence-corrected chi connectivity index (χ2v) is 10.1. The van der Waals surface area contributed by atoms with Gasteiger partial charge in [0.15, 0.2) is 11.5 Å². The van der Waals surface area contributed by atoms with Crippen LogP contribution in [0.4, 0.5) is 5.69 Å².